The second-order valence-corrected chi connectivity index (χ2v) is 6.69. The van der Waals surface area contributed by atoms with Crippen LogP contribution in [0.3, 0.4) is 0 Å². The lowest BCUT2D eigenvalue weighted by atomic mass is 10.2. The first-order chi connectivity index (χ1) is 12.2. The molecule has 0 amide bonds. The topological polar surface area (TPSA) is 55.1 Å². The molecule has 5 heteroatoms. The summed E-state index contributed by atoms with van der Waals surface area (Å²) in [5.74, 6) is 1.68. The van der Waals surface area contributed by atoms with Crippen molar-refractivity contribution in [3.8, 4) is 5.75 Å². The van der Waals surface area contributed by atoms with Crippen LogP contribution in [0.15, 0.2) is 47.1 Å². The summed E-state index contributed by atoms with van der Waals surface area (Å²) in [4.78, 5) is 2.18. The number of nitrogens with zero attached hydrogens (tertiary/aromatic N) is 1. The third kappa shape index (κ3) is 5.88. The van der Waals surface area contributed by atoms with Gasteiger partial charge in [0.15, 0.2) is 0 Å². The quantitative estimate of drug-likeness (QED) is 0.757. The molecule has 5 nitrogen and oxygen atoms in total. The average Bonchev–Trinajstić information content (AvgIpc) is 3.27. The largest absolute Gasteiger partial charge is 0.491 e. The molecule has 136 valence electrons. The van der Waals surface area contributed by atoms with Crippen LogP contribution in [-0.4, -0.2) is 48.5 Å². The van der Waals surface area contributed by atoms with E-state index in [1.54, 1.807) is 6.26 Å². The van der Waals surface area contributed by atoms with Crippen molar-refractivity contribution in [1.29, 1.82) is 0 Å². The van der Waals surface area contributed by atoms with Gasteiger partial charge in [0.2, 0.25) is 0 Å². The Balaban J connectivity index is 1.52. The summed E-state index contributed by atoms with van der Waals surface area (Å²) in [7, 11) is 0. The van der Waals surface area contributed by atoms with Gasteiger partial charge in [0.25, 0.3) is 0 Å². The molecule has 0 spiro atoms. The Morgan fingerprint density at radius 3 is 2.96 bits per heavy atom. The maximum Gasteiger partial charge on any atom is 0.119 e. The van der Waals surface area contributed by atoms with Gasteiger partial charge in [-0.3, -0.25) is 4.90 Å². The Kier molecular flexibility index (Phi) is 6.50. The molecule has 2 aromatic rings. The van der Waals surface area contributed by atoms with Gasteiger partial charge in [-0.2, -0.15) is 0 Å². The van der Waals surface area contributed by atoms with E-state index in [0.29, 0.717) is 13.1 Å². The summed E-state index contributed by atoms with van der Waals surface area (Å²) in [6, 6.07) is 11.7. The smallest absolute Gasteiger partial charge is 0.119 e. The van der Waals surface area contributed by atoms with Gasteiger partial charge in [0, 0.05) is 19.7 Å². The van der Waals surface area contributed by atoms with Crippen molar-refractivity contribution in [3.63, 3.8) is 0 Å². The molecule has 2 heterocycles. The zero-order chi connectivity index (χ0) is 17.5. The van der Waals surface area contributed by atoms with Crippen LogP contribution in [0.5, 0.6) is 5.75 Å². The second-order valence-electron chi connectivity index (χ2n) is 6.69. The van der Waals surface area contributed by atoms with Crippen molar-refractivity contribution < 1.29 is 19.0 Å². The van der Waals surface area contributed by atoms with Crippen LogP contribution < -0.4 is 4.74 Å². The van der Waals surface area contributed by atoms with Gasteiger partial charge in [0.05, 0.1) is 18.9 Å². The number of aliphatic hydroxyl groups is 1. The standard InChI is InChI=1S/C20H27NO4/c1-16-5-2-6-18(11-16)25-15-17(22)12-21(13-19-7-3-9-23-19)14-20-8-4-10-24-20/h2-3,5-7,9,11,17,20,22H,4,8,10,12-15H2,1H3. The van der Waals surface area contributed by atoms with Gasteiger partial charge in [-0.1, -0.05) is 12.1 Å². The Morgan fingerprint density at radius 1 is 1.32 bits per heavy atom. The second kappa shape index (κ2) is 9.04. The zero-order valence-electron chi connectivity index (χ0n) is 14.8. The highest BCUT2D eigenvalue weighted by molar-refractivity contribution is 5.27. The zero-order valence-corrected chi connectivity index (χ0v) is 14.8. The Bertz CT molecular complexity index is 622. The minimum Gasteiger partial charge on any atom is -0.491 e. The molecule has 0 aliphatic carbocycles. The minimum atomic E-state index is -0.572. The SMILES string of the molecule is Cc1cccc(OCC(O)CN(Cc2ccco2)CC2CCCO2)c1. The van der Waals surface area contributed by atoms with E-state index in [1.165, 1.54) is 0 Å². The van der Waals surface area contributed by atoms with Crippen LogP contribution >= 0.6 is 0 Å². The normalized spacial score (nSPS) is 18.6. The Hall–Kier alpha value is -1.82. The molecule has 0 bridgehead atoms. The van der Waals surface area contributed by atoms with Crippen LogP contribution in [0.25, 0.3) is 0 Å². The number of rotatable bonds is 9. The number of hydrogen-bond donors (Lipinski definition) is 1. The molecule has 1 aliphatic rings. The van der Waals surface area contributed by atoms with E-state index >= 15 is 0 Å². The molecule has 2 unspecified atom stereocenters. The minimum absolute atomic E-state index is 0.236. The van der Waals surface area contributed by atoms with Crippen LogP contribution in [0.1, 0.15) is 24.2 Å². The molecule has 1 N–H and O–H groups in total. The molecular formula is C20H27NO4. The molecule has 0 radical (unpaired) electrons. The lowest BCUT2D eigenvalue weighted by molar-refractivity contribution is 0.0290. The fourth-order valence-corrected chi connectivity index (χ4v) is 3.15. The molecule has 1 fully saturated rings. The lowest BCUT2D eigenvalue weighted by Gasteiger charge is -2.26. The molecule has 1 aromatic heterocycles. The summed E-state index contributed by atoms with van der Waals surface area (Å²) in [5, 5.41) is 10.4. The third-order valence-electron chi connectivity index (χ3n) is 4.35. The van der Waals surface area contributed by atoms with E-state index in [1.807, 2.05) is 43.3 Å². The van der Waals surface area contributed by atoms with Crippen LogP contribution in [0.4, 0.5) is 0 Å². The predicted molar refractivity (Wildman–Crippen MR) is 95.6 cm³/mol. The van der Waals surface area contributed by atoms with E-state index in [9.17, 15) is 5.11 Å². The van der Waals surface area contributed by atoms with E-state index < -0.39 is 6.10 Å². The molecule has 1 saturated heterocycles. The van der Waals surface area contributed by atoms with Gasteiger partial charge in [-0.25, -0.2) is 0 Å². The first kappa shape index (κ1) is 18.0. The summed E-state index contributed by atoms with van der Waals surface area (Å²) in [6.45, 7) is 5.10. The van der Waals surface area contributed by atoms with Crippen molar-refractivity contribution in [2.45, 2.75) is 38.5 Å². The lowest BCUT2D eigenvalue weighted by Crippen LogP contribution is -2.39. The van der Waals surface area contributed by atoms with Crippen LogP contribution in [0.2, 0.25) is 0 Å². The van der Waals surface area contributed by atoms with Crippen molar-refractivity contribution in [2.24, 2.45) is 0 Å². The molecule has 1 aliphatic heterocycles. The van der Waals surface area contributed by atoms with Gasteiger partial charge < -0.3 is 19.0 Å². The fourth-order valence-electron chi connectivity index (χ4n) is 3.15. The van der Waals surface area contributed by atoms with Crippen LogP contribution in [0, 0.1) is 6.92 Å². The van der Waals surface area contributed by atoms with E-state index in [-0.39, 0.29) is 12.7 Å². The van der Waals surface area contributed by atoms with Gasteiger partial charge in [0.1, 0.15) is 24.2 Å². The number of aliphatic hydroxyl groups excluding tert-OH is 1. The summed E-state index contributed by atoms with van der Waals surface area (Å²) in [6.07, 6.45) is 3.52. The molecule has 1 aromatic carbocycles. The molecule has 25 heavy (non-hydrogen) atoms. The third-order valence-corrected chi connectivity index (χ3v) is 4.35. The van der Waals surface area contributed by atoms with Crippen molar-refractivity contribution >= 4 is 0 Å². The summed E-state index contributed by atoms with van der Waals surface area (Å²) in [5.41, 5.74) is 1.14. The fraction of sp³-hybridized carbons (Fsp3) is 0.500. The Morgan fingerprint density at radius 2 is 2.24 bits per heavy atom. The van der Waals surface area contributed by atoms with Gasteiger partial charge in [-0.15, -0.1) is 0 Å². The van der Waals surface area contributed by atoms with Gasteiger partial charge in [-0.05, 0) is 49.6 Å². The first-order valence-corrected chi connectivity index (χ1v) is 8.93. The summed E-state index contributed by atoms with van der Waals surface area (Å²) < 4.78 is 16.9. The van der Waals surface area contributed by atoms with E-state index in [2.05, 4.69) is 4.90 Å². The number of ether oxygens (including phenoxy) is 2. The van der Waals surface area contributed by atoms with Crippen molar-refractivity contribution in [1.82, 2.24) is 4.90 Å². The number of hydrogen-bond acceptors (Lipinski definition) is 5. The molecule has 2 atom stereocenters. The molecular weight excluding hydrogens is 318 g/mol. The van der Waals surface area contributed by atoms with E-state index in [4.69, 9.17) is 13.9 Å². The maximum atomic E-state index is 10.4. The number of furan rings is 1. The predicted octanol–water partition coefficient (Wildman–Crippen LogP) is 3.01. The average molecular weight is 345 g/mol. The number of aryl methyl sites for hydroxylation is 1. The highest BCUT2D eigenvalue weighted by atomic mass is 16.5. The van der Waals surface area contributed by atoms with Crippen molar-refractivity contribution in [3.05, 3.63) is 54.0 Å². The highest BCUT2D eigenvalue weighted by Gasteiger charge is 2.22. The highest BCUT2D eigenvalue weighted by Crippen LogP contribution is 2.16. The van der Waals surface area contributed by atoms with Gasteiger partial charge >= 0.3 is 0 Å². The van der Waals surface area contributed by atoms with Crippen molar-refractivity contribution in [2.75, 3.05) is 26.3 Å². The summed E-state index contributed by atoms with van der Waals surface area (Å²) >= 11 is 0. The van der Waals surface area contributed by atoms with E-state index in [0.717, 1.165) is 43.1 Å². The molecule has 0 saturated carbocycles. The number of benzene rings is 1. The first-order valence-electron chi connectivity index (χ1n) is 8.93. The maximum absolute atomic E-state index is 10.4. The monoisotopic (exact) mass is 345 g/mol. The molecule has 3 rings (SSSR count). The van der Waals surface area contributed by atoms with Crippen LogP contribution in [-0.2, 0) is 11.3 Å². The Labute approximate surface area is 149 Å².